The Morgan fingerprint density at radius 3 is 2.71 bits per heavy atom. The number of sulfonamides is 1. The van der Waals surface area contributed by atoms with E-state index in [-0.39, 0.29) is 24.0 Å². The molecule has 21 heavy (non-hydrogen) atoms. The van der Waals surface area contributed by atoms with Crippen LogP contribution in [0.2, 0.25) is 0 Å². The molecule has 0 radical (unpaired) electrons. The van der Waals surface area contributed by atoms with Crippen molar-refractivity contribution in [2.75, 3.05) is 6.54 Å². The number of imidazole rings is 1. The zero-order valence-corrected chi connectivity index (χ0v) is 13.1. The van der Waals surface area contributed by atoms with Crippen molar-refractivity contribution in [1.29, 1.82) is 0 Å². The zero-order chi connectivity index (χ0) is 15.6. The predicted octanol–water partition coefficient (Wildman–Crippen LogP) is 1.23. The second-order valence-corrected chi connectivity index (χ2v) is 7.15. The van der Waals surface area contributed by atoms with Gasteiger partial charge in [0, 0.05) is 25.3 Å². The molecule has 1 aromatic heterocycles. The smallest absolute Gasteiger partial charge is 0.304 e. The minimum Gasteiger partial charge on any atom is -0.481 e. The molecule has 0 atom stereocenters. The summed E-state index contributed by atoms with van der Waals surface area (Å²) in [6.07, 6.45) is 3.82. The first-order valence-corrected chi connectivity index (χ1v) is 8.57. The molecule has 7 nitrogen and oxygen atoms in total. The second-order valence-electron chi connectivity index (χ2n) is 5.31. The van der Waals surface area contributed by atoms with Gasteiger partial charge in [0.2, 0.25) is 0 Å². The molecule has 1 aliphatic carbocycles. The van der Waals surface area contributed by atoms with Crippen molar-refractivity contribution >= 4 is 16.0 Å². The van der Waals surface area contributed by atoms with E-state index in [0.29, 0.717) is 12.4 Å². The fourth-order valence-corrected chi connectivity index (χ4v) is 3.94. The second kappa shape index (κ2) is 6.15. The lowest BCUT2D eigenvalue weighted by Crippen LogP contribution is -2.35. The number of hydrogen-bond acceptors (Lipinski definition) is 4. The van der Waals surface area contributed by atoms with Gasteiger partial charge in [-0.1, -0.05) is 6.92 Å². The number of aryl methyl sites for hydroxylation is 2. The first-order chi connectivity index (χ1) is 9.86. The van der Waals surface area contributed by atoms with Crippen LogP contribution < -0.4 is 0 Å². The fraction of sp³-hybridized carbons (Fsp3) is 0.692. The average molecular weight is 315 g/mol. The molecule has 1 aliphatic rings. The van der Waals surface area contributed by atoms with E-state index in [0.717, 1.165) is 19.3 Å². The molecule has 0 bridgehead atoms. The molecular formula is C13H21N3O4S. The summed E-state index contributed by atoms with van der Waals surface area (Å²) in [7, 11) is -3.72. The third-order valence-corrected chi connectivity index (χ3v) is 5.32. The summed E-state index contributed by atoms with van der Waals surface area (Å²) in [5.41, 5.74) is 0. The highest BCUT2D eigenvalue weighted by molar-refractivity contribution is 7.89. The topological polar surface area (TPSA) is 92.5 Å². The monoisotopic (exact) mass is 315 g/mol. The normalized spacial score (nSPS) is 15.6. The van der Waals surface area contributed by atoms with Gasteiger partial charge in [0.25, 0.3) is 10.0 Å². The first kappa shape index (κ1) is 16.0. The Balaban J connectivity index is 2.25. The van der Waals surface area contributed by atoms with E-state index in [4.69, 9.17) is 5.11 Å². The molecule has 118 valence electrons. The number of aromatic nitrogens is 2. The Labute approximate surface area is 124 Å². The lowest BCUT2D eigenvalue weighted by Gasteiger charge is -2.19. The Kier molecular flexibility index (Phi) is 4.67. The molecule has 2 rings (SSSR count). The molecule has 0 unspecified atom stereocenters. The van der Waals surface area contributed by atoms with Crippen molar-refractivity contribution in [1.82, 2.24) is 13.9 Å². The molecule has 1 aromatic rings. The highest BCUT2D eigenvalue weighted by atomic mass is 32.2. The molecule has 0 amide bonds. The van der Waals surface area contributed by atoms with Crippen LogP contribution in [0, 0.1) is 6.92 Å². The maximum Gasteiger partial charge on any atom is 0.304 e. The van der Waals surface area contributed by atoms with E-state index in [2.05, 4.69) is 4.98 Å². The molecule has 1 fully saturated rings. The van der Waals surface area contributed by atoms with Gasteiger partial charge in [-0.15, -0.1) is 0 Å². The number of rotatable bonds is 8. The van der Waals surface area contributed by atoms with Crippen LogP contribution in [0.4, 0.5) is 0 Å². The zero-order valence-electron chi connectivity index (χ0n) is 12.3. The number of nitrogens with zero attached hydrogens (tertiary/aromatic N) is 3. The van der Waals surface area contributed by atoms with Crippen LogP contribution in [0.25, 0.3) is 0 Å². The Morgan fingerprint density at radius 2 is 2.19 bits per heavy atom. The van der Waals surface area contributed by atoms with Gasteiger partial charge < -0.3 is 9.67 Å². The maximum atomic E-state index is 12.7. The molecule has 8 heteroatoms. The van der Waals surface area contributed by atoms with Gasteiger partial charge in [-0.25, -0.2) is 13.4 Å². The van der Waals surface area contributed by atoms with Gasteiger partial charge in [0.1, 0.15) is 5.82 Å². The van der Waals surface area contributed by atoms with Crippen LogP contribution in [0.15, 0.2) is 11.2 Å². The van der Waals surface area contributed by atoms with Gasteiger partial charge in [0.15, 0.2) is 5.03 Å². The van der Waals surface area contributed by atoms with E-state index in [1.807, 2.05) is 11.5 Å². The third kappa shape index (κ3) is 3.62. The van der Waals surface area contributed by atoms with Crippen LogP contribution in [0.1, 0.15) is 38.4 Å². The molecule has 0 saturated heterocycles. The summed E-state index contributed by atoms with van der Waals surface area (Å²) >= 11 is 0. The highest BCUT2D eigenvalue weighted by Crippen LogP contribution is 2.31. The summed E-state index contributed by atoms with van der Waals surface area (Å²) in [4.78, 5) is 14.9. The van der Waals surface area contributed by atoms with Crippen LogP contribution in [-0.4, -0.2) is 45.9 Å². The summed E-state index contributed by atoms with van der Waals surface area (Å²) in [5, 5.41) is 8.80. The van der Waals surface area contributed by atoms with Gasteiger partial charge in [-0.3, -0.25) is 4.79 Å². The van der Waals surface area contributed by atoms with E-state index in [1.54, 1.807) is 13.1 Å². The molecule has 0 aliphatic heterocycles. The minimum absolute atomic E-state index is 0.00200. The summed E-state index contributed by atoms with van der Waals surface area (Å²) in [5.74, 6) is -0.340. The van der Waals surface area contributed by atoms with Gasteiger partial charge >= 0.3 is 5.97 Å². The molecule has 1 heterocycles. The highest BCUT2D eigenvalue weighted by Gasteiger charge is 2.39. The van der Waals surface area contributed by atoms with Crippen molar-refractivity contribution in [2.45, 2.75) is 57.1 Å². The van der Waals surface area contributed by atoms with Gasteiger partial charge in [0.05, 0.1) is 6.42 Å². The lowest BCUT2D eigenvalue weighted by atomic mass is 10.4. The maximum absolute atomic E-state index is 12.7. The number of carboxylic acids is 1. The fourth-order valence-electron chi connectivity index (χ4n) is 2.26. The van der Waals surface area contributed by atoms with Crippen molar-refractivity contribution in [3.8, 4) is 0 Å². The van der Waals surface area contributed by atoms with E-state index < -0.39 is 16.0 Å². The van der Waals surface area contributed by atoms with Crippen LogP contribution in [-0.2, 0) is 21.4 Å². The van der Waals surface area contributed by atoms with Gasteiger partial charge in [-0.2, -0.15) is 4.31 Å². The molecule has 0 spiro atoms. The van der Waals surface area contributed by atoms with Crippen LogP contribution >= 0.6 is 0 Å². The van der Waals surface area contributed by atoms with Gasteiger partial charge in [-0.05, 0) is 26.2 Å². The summed E-state index contributed by atoms with van der Waals surface area (Å²) in [6, 6.07) is -0.0778. The van der Waals surface area contributed by atoms with E-state index >= 15 is 0 Å². The Hall–Kier alpha value is -1.41. The number of hydrogen-bond donors (Lipinski definition) is 1. The van der Waals surface area contributed by atoms with Crippen molar-refractivity contribution in [3.63, 3.8) is 0 Å². The minimum atomic E-state index is -3.72. The standard InChI is InChI=1S/C13H21N3O4S/c1-3-7-15-9-12(14-10(15)2)21(19,20)16(11-4-5-11)8-6-13(17)18/h9,11H,3-8H2,1-2H3,(H,17,18). The molecule has 0 aromatic carbocycles. The quantitative estimate of drug-likeness (QED) is 0.779. The van der Waals surface area contributed by atoms with Crippen molar-refractivity contribution in [2.24, 2.45) is 0 Å². The number of carboxylic acid groups (broad SMARTS) is 1. The third-order valence-electron chi connectivity index (χ3n) is 3.49. The molecule has 1 saturated carbocycles. The average Bonchev–Trinajstić information content (AvgIpc) is 3.14. The van der Waals surface area contributed by atoms with E-state index in [9.17, 15) is 13.2 Å². The predicted molar refractivity (Wildman–Crippen MR) is 76.4 cm³/mol. The lowest BCUT2D eigenvalue weighted by molar-refractivity contribution is -0.137. The SMILES string of the molecule is CCCn1cc(S(=O)(=O)N(CCC(=O)O)C2CC2)nc1C. The molecule has 1 N–H and O–H groups in total. The van der Waals surface area contributed by atoms with E-state index in [1.165, 1.54) is 4.31 Å². The summed E-state index contributed by atoms with van der Waals surface area (Å²) in [6.45, 7) is 4.50. The largest absolute Gasteiger partial charge is 0.481 e. The number of carbonyl (C=O) groups is 1. The Bertz CT molecular complexity index is 619. The van der Waals surface area contributed by atoms with Crippen LogP contribution in [0.3, 0.4) is 0 Å². The van der Waals surface area contributed by atoms with Crippen LogP contribution in [0.5, 0.6) is 0 Å². The molecular weight excluding hydrogens is 294 g/mol. The number of aliphatic carboxylic acids is 1. The van der Waals surface area contributed by atoms with Crippen molar-refractivity contribution in [3.05, 3.63) is 12.0 Å². The Morgan fingerprint density at radius 1 is 1.52 bits per heavy atom. The van der Waals surface area contributed by atoms with Crippen molar-refractivity contribution < 1.29 is 18.3 Å². The first-order valence-electron chi connectivity index (χ1n) is 7.13. The summed E-state index contributed by atoms with van der Waals surface area (Å²) < 4.78 is 28.4.